The molecule has 0 atom stereocenters. The Labute approximate surface area is 206 Å². The fourth-order valence-corrected chi connectivity index (χ4v) is 4.70. The highest BCUT2D eigenvalue weighted by molar-refractivity contribution is 6.03. The summed E-state index contributed by atoms with van der Waals surface area (Å²) in [6, 6.07) is 19.4. The van der Waals surface area contributed by atoms with Crippen LogP contribution < -0.4 is 4.90 Å². The van der Waals surface area contributed by atoms with Crippen LogP contribution in [0.1, 0.15) is 15.9 Å². The van der Waals surface area contributed by atoms with E-state index >= 15 is 0 Å². The van der Waals surface area contributed by atoms with Gasteiger partial charge < -0.3 is 14.7 Å². The lowest BCUT2D eigenvalue weighted by Gasteiger charge is -2.28. The molecule has 0 amide bonds. The molecule has 180 valence electrons. The third-order valence-electron chi connectivity index (χ3n) is 6.48. The van der Waals surface area contributed by atoms with E-state index in [0.29, 0.717) is 49.1 Å². The van der Waals surface area contributed by atoms with E-state index in [4.69, 9.17) is 9.72 Å². The third kappa shape index (κ3) is 3.68. The molecular weight excluding hydrogens is 458 g/mol. The summed E-state index contributed by atoms with van der Waals surface area (Å²) in [5.74, 6) is 0.318. The number of nitrogens with zero attached hydrogens (tertiary/aromatic N) is 6. The maximum atomic E-state index is 12.2. The Bertz CT molecular complexity index is 1550. The molecule has 1 saturated heterocycles. The van der Waals surface area contributed by atoms with Crippen LogP contribution in [0, 0.1) is 6.92 Å². The van der Waals surface area contributed by atoms with Crippen molar-refractivity contribution in [3.8, 4) is 28.2 Å². The minimum Gasteiger partial charge on any atom is -0.478 e. The van der Waals surface area contributed by atoms with Crippen molar-refractivity contribution in [2.75, 3.05) is 31.2 Å². The van der Waals surface area contributed by atoms with Gasteiger partial charge in [0.2, 0.25) is 5.95 Å². The van der Waals surface area contributed by atoms with Gasteiger partial charge in [0.25, 0.3) is 0 Å². The second kappa shape index (κ2) is 8.90. The smallest absolute Gasteiger partial charge is 0.337 e. The Morgan fingerprint density at radius 1 is 1.00 bits per heavy atom. The van der Waals surface area contributed by atoms with Gasteiger partial charge in [-0.2, -0.15) is 0 Å². The van der Waals surface area contributed by atoms with Crippen LogP contribution in [-0.4, -0.2) is 67.6 Å². The van der Waals surface area contributed by atoms with Gasteiger partial charge in [0, 0.05) is 24.3 Å². The lowest BCUT2D eigenvalue weighted by Crippen LogP contribution is -2.37. The SMILES string of the molecule is Cc1ccc(C(=O)O)c2c1nc(N1CCOCC1)n2-c1ccc(-c2ccccc2-c2nnn[nH]2)cc1. The number of aromatic nitrogens is 6. The molecule has 1 fully saturated rings. The highest BCUT2D eigenvalue weighted by Gasteiger charge is 2.25. The number of morpholine rings is 1. The zero-order chi connectivity index (χ0) is 24.6. The summed E-state index contributed by atoms with van der Waals surface area (Å²) in [5.41, 5.74) is 6.10. The lowest BCUT2D eigenvalue weighted by atomic mass is 9.99. The number of aromatic carboxylic acids is 1. The molecule has 3 aromatic carbocycles. The van der Waals surface area contributed by atoms with Gasteiger partial charge in [0.15, 0.2) is 5.82 Å². The van der Waals surface area contributed by atoms with Crippen LogP contribution in [0.2, 0.25) is 0 Å². The first-order valence-corrected chi connectivity index (χ1v) is 11.6. The highest BCUT2D eigenvalue weighted by Crippen LogP contribution is 2.34. The molecule has 3 heterocycles. The topological polar surface area (TPSA) is 122 Å². The van der Waals surface area contributed by atoms with Crippen molar-refractivity contribution in [1.29, 1.82) is 0 Å². The number of anilines is 1. The van der Waals surface area contributed by atoms with Crippen LogP contribution in [0.5, 0.6) is 0 Å². The Morgan fingerprint density at radius 3 is 2.44 bits per heavy atom. The number of carbonyl (C=O) groups is 1. The molecule has 10 heteroatoms. The summed E-state index contributed by atoms with van der Waals surface area (Å²) in [4.78, 5) is 19.3. The van der Waals surface area contributed by atoms with E-state index < -0.39 is 5.97 Å². The molecule has 1 aliphatic heterocycles. The number of H-pyrrole nitrogens is 1. The maximum Gasteiger partial charge on any atom is 0.337 e. The number of fused-ring (bicyclic) bond motifs is 1. The molecule has 6 rings (SSSR count). The summed E-state index contributed by atoms with van der Waals surface area (Å²) in [6.45, 7) is 4.51. The standard InChI is InChI=1S/C26H23N7O3/c1-16-6-11-21(25(34)35)23-22(16)27-26(32-12-14-36-15-13-32)33(23)18-9-7-17(8-10-18)19-4-2-3-5-20(19)24-28-30-31-29-24/h2-11H,12-15H2,1H3,(H,34,35)(H,28,29,30,31). The third-order valence-corrected chi connectivity index (χ3v) is 6.48. The van der Waals surface area contributed by atoms with Crippen LogP contribution in [0.25, 0.3) is 39.2 Å². The van der Waals surface area contributed by atoms with Gasteiger partial charge in [0.1, 0.15) is 0 Å². The first-order chi connectivity index (χ1) is 17.6. The number of rotatable bonds is 5. The predicted octanol–water partition coefficient (Wildman–Crippen LogP) is 3.72. The second-order valence-electron chi connectivity index (χ2n) is 8.62. The molecule has 0 bridgehead atoms. The van der Waals surface area contributed by atoms with Gasteiger partial charge in [-0.1, -0.05) is 42.5 Å². The first-order valence-electron chi connectivity index (χ1n) is 11.6. The number of aromatic amines is 1. The van der Waals surface area contributed by atoms with Gasteiger partial charge >= 0.3 is 5.97 Å². The number of nitrogens with one attached hydrogen (secondary N) is 1. The summed E-state index contributed by atoms with van der Waals surface area (Å²) in [7, 11) is 0. The Balaban J connectivity index is 1.52. The van der Waals surface area contributed by atoms with E-state index in [9.17, 15) is 9.90 Å². The Kier molecular flexibility index (Phi) is 5.42. The molecule has 0 aliphatic carbocycles. The van der Waals surface area contributed by atoms with Gasteiger partial charge in [-0.15, -0.1) is 5.10 Å². The van der Waals surface area contributed by atoms with Crippen LogP contribution in [-0.2, 0) is 4.74 Å². The van der Waals surface area contributed by atoms with E-state index in [1.54, 1.807) is 6.07 Å². The van der Waals surface area contributed by atoms with Crippen molar-refractivity contribution in [2.45, 2.75) is 6.92 Å². The van der Waals surface area contributed by atoms with Crippen molar-refractivity contribution >= 4 is 23.0 Å². The maximum absolute atomic E-state index is 12.2. The summed E-state index contributed by atoms with van der Waals surface area (Å²) in [6.07, 6.45) is 0. The number of benzene rings is 3. The minimum atomic E-state index is -0.985. The molecule has 0 spiro atoms. The number of aryl methyl sites for hydroxylation is 1. The van der Waals surface area contributed by atoms with Crippen LogP contribution in [0.15, 0.2) is 60.7 Å². The summed E-state index contributed by atoms with van der Waals surface area (Å²) < 4.78 is 7.50. The monoisotopic (exact) mass is 481 g/mol. The molecule has 0 unspecified atom stereocenters. The van der Waals surface area contributed by atoms with Gasteiger partial charge in [-0.05, 0) is 52.2 Å². The Morgan fingerprint density at radius 2 is 1.75 bits per heavy atom. The molecular formula is C26H23N7O3. The van der Waals surface area contributed by atoms with E-state index in [-0.39, 0.29) is 5.56 Å². The van der Waals surface area contributed by atoms with Crippen LogP contribution in [0.3, 0.4) is 0 Å². The number of hydrogen-bond donors (Lipinski definition) is 2. The zero-order valence-corrected chi connectivity index (χ0v) is 19.5. The molecule has 10 nitrogen and oxygen atoms in total. The number of imidazole rings is 1. The van der Waals surface area contributed by atoms with Crippen molar-refractivity contribution < 1.29 is 14.6 Å². The van der Waals surface area contributed by atoms with E-state index in [0.717, 1.165) is 27.9 Å². The van der Waals surface area contributed by atoms with Crippen LogP contribution in [0.4, 0.5) is 5.95 Å². The molecule has 2 N–H and O–H groups in total. The van der Waals surface area contributed by atoms with Gasteiger partial charge in [0.05, 0.1) is 29.8 Å². The normalized spacial score (nSPS) is 13.9. The van der Waals surface area contributed by atoms with Crippen molar-refractivity contribution in [3.05, 3.63) is 71.8 Å². The fraction of sp³-hybridized carbons (Fsp3) is 0.192. The number of carboxylic acid groups (broad SMARTS) is 1. The summed E-state index contributed by atoms with van der Waals surface area (Å²) in [5, 5.41) is 24.3. The number of tetrazole rings is 1. The quantitative estimate of drug-likeness (QED) is 0.390. The molecule has 0 saturated carbocycles. The van der Waals surface area contributed by atoms with E-state index in [1.807, 2.05) is 66.1 Å². The van der Waals surface area contributed by atoms with Crippen LogP contribution >= 0.6 is 0 Å². The first kappa shape index (κ1) is 21.9. The molecule has 1 aliphatic rings. The van der Waals surface area contributed by atoms with Crippen molar-refractivity contribution in [1.82, 2.24) is 30.2 Å². The van der Waals surface area contributed by atoms with Crippen molar-refractivity contribution in [2.24, 2.45) is 0 Å². The molecule has 36 heavy (non-hydrogen) atoms. The highest BCUT2D eigenvalue weighted by atomic mass is 16.5. The number of carboxylic acids is 1. The van der Waals surface area contributed by atoms with Gasteiger partial charge in [-0.25, -0.2) is 14.9 Å². The Hall–Kier alpha value is -4.57. The molecule has 0 radical (unpaired) electrons. The average Bonchev–Trinajstić information content (AvgIpc) is 3.59. The predicted molar refractivity (Wildman–Crippen MR) is 134 cm³/mol. The minimum absolute atomic E-state index is 0.217. The van der Waals surface area contributed by atoms with E-state index in [1.165, 1.54) is 0 Å². The van der Waals surface area contributed by atoms with Gasteiger partial charge in [-0.3, -0.25) is 4.57 Å². The average molecular weight is 482 g/mol. The molecule has 5 aromatic rings. The fourth-order valence-electron chi connectivity index (χ4n) is 4.70. The summed E-state index contributed by atoms with van der Waals surface area (Å²) >= 11 is 0. The lowest BCUT2D eigenvalue weighted by molar-refractivity contribution is 0.0698. The second-order valence-corrected chi connectivity index (χ2v) is 8.62. The zero-order valence-electron chi connectivity index (χ0n) is 19.5. The largest absolute Gasteiger partial charge is 0.478 e. The molecule has 2 aromatic heterocycles. The number of hydrogen-bond acceptors (Lipinski definition) is 7. The van der Waals surface area contributed by atoms with E-state index in [2.05, 4.69) is 25.5 Å². The number of ether oxygens (including phenoxy) is 1. The van der Waals surface area contributed by atoms with Crippen molar-refractivity contribution in [3.63, 3.8) is 0 Å².